The van der Waals surface area contributed by atoms with Crippen molar-refractivity contribution in [1.29, 1.82) is 0 Å². The van der Waals surface area contributed by atoms with Crippen LogP contribution in [0.1, 0.15) is 32.0 Å². The van der Waals surface area contributed by atoms with Gasteiger partial charge in [0.15, 0.2) is 0 Å². The van der Waals surface area contributed by atoms with Crippen LogP contribution in [0.3, 0.4) is 0 Å². The molecule has 0 spiro atoms. The van der Waals surface area contributed by atoms with E-state index < -0.39 is 5.82 Å². The summed E-state index contributed by atoms with van der Waals surface area (Å²) in [6, 6.07) is 6.12. The van der Waals surface area contributed by atoms with E-state index in [0.29, 0.717) is 11.4 Å². The van der Waals surface area contributed by atoms with Crippen LogP contribution in [-0.4, -0.2) is 14.9 Å². The summed E-state index contributed by atoms with van der Waals surface area (Å²) in [5.74, 6) is -0.0497. The molecule has 0 aliphatic heterocycles. The fraction of sp³-hybridized carbons (Fsp3) is 0.357. The fourth-order valence-corrected chi connectivity index (χ4v) is 1.77. The average molecular weight is 263 g/mol. The van der Waals surface area contributed by atoms with Crippen molar-refractivity contribution in [2.75, 3.05) is 5.73 Å². The molecule has 1 aromatic carbocycles. The second-order valence-electron chi connectivity index (χ2n) is 5.56. The summed E-state index contributed by atoms with van der Waals surface area (Å²) < 4.78 is 15.2. The molecule has 19 heavy (non-hydrogen) atoms. The van der Waals surface area contributed by atoms with Gasteiger partial charge >= 0.3 is 0 Å². The number of aliphatic hydroxyl groups excluding tert-OH is 1. The van der Waals surface area contributed by atoms with Gasteiger partial charge in [-0.25, -0.2) is 9.07 Å². The largest absolute Gasteiger partial charge is 0.392 e. The highest BCUT2D eigenvalue weighted by Gasteiger charge is 2.20. The first kappa shape index (κ1) is 13.5. The van der Waals surface area contributed by atoms with Gasteiger partial charge in [-0.2, -0.15) is 5.10 Å². The number of halogens is 1. The molecular formula is C14H18FN3O. The molecule has 2 rings (SSSR count). The Morgan fingerprint density at radius 3 is 2.53 bits per heavy atom. The number of anilines is 1. The molecule has 5 heteroatoms. The van der Waals surface area contributed by atoms with Gasteiger partial charge in [-0.3, -0.25) is 0 Å². The molecule has 2 aromatic rings. The standard InChI is InChI=1S/C14H18FN3O/c1-14(2,3)12-7-13(16)18(17-12)11-6-9(8-19)4-5-10(11)15/h4-7,19H,8,16H2,1-3H3. The Hall–Kier alpha value is -1.88. The van der Waals surface area contributed by atoms with E-state index >= 15 is 0 Å². The van der Waals surface area contributed by atoms with Crippen LogP contribution in [0.4, 0.5) is 10.2 Å². The number of aromatic nitrogens is 2. The lowest BCUT2D eigenvalue weighted by atomic mass is 9.92. The van der Waals surface area contributed by atoms with Gasteiger partial charge in [-0.1, -0.05) is 26.8 Å². The Labute approximate surface area is 111 Å². The molecule has 0 bridgehead atoms. The highest BCUT2D eigenvalue weighted by atomic mass is 19.1. The Morgan fingerprint density at radius 1 is 1.32 bits per heavy atom. The van der Waals surface area contributed by atoms with Crippen LogP contribution < -0.4 is 5.73 Å². The predicted octanol–water partition coefficient (Wildman–Crippen LogP) is 2.38. The molecule has 0 aliphatic carbocycles. The summed E-state index contributed by atoms with van der Waals surface area (Å²) in [5.41, 5.74) is 7.39. The quantitative estimate of drug-likeness (QED) is 0.874. The number of nitrogen functional groups attached to an aromatic ring is 1. The number of benzene rings is 1. The van der Waals surface area contributed by atoms with Crippen molar-refractivity contribution in [3.63, 3.8) is 0 Å². The summed E-state index contributed by atoms with van der Waals surface area (Å²) >= 11 is 0. The van der Waals surface area contributed by atoms with E-state index in [1.807, 2.05) is 20.8 Å². The van der Waals surface area contributed by atoms with Gasteiger partial charge in [0, 0.05) is 11.5 Å². The van der Waals surface area contributed by atoms with Crippen LogP contribution >= 0.6 is 0 Å². The van der Waals surface area contributed by atoms with Crippen LogP contribution in [0, 0.1) is 5.82 Å². The molecule has 1 aromatic heterocycles. The third-order valence-corrected chi connectivity index (χ3v) is 2.93. The van der Waals surface area contributed by atoms with E-state index in [0.717, 1.165) is 5.69 Å². The van der Waals surface area contributed by atoms with E-state index in [4.69, 9.17) is 10.8 Å². The summed E-state index contributed by atoms with van der Waals surface area (Å²) in [6.07, 6.45) is 0. The summed E-state index contributed by atoms with van der Waals surface area (Å²) in [6.45, 7) is 5.89. The Balaban J connectivity index is 2.56. The van der Waals surface area contributed by atoms with Gasteiger partial charge in [0.2, 0.25) is 0 Å². The number of nitrogens with zero attached hydrogens (tertiary/aromatic N) is 2. The zero-order valence-electron chi connectivity index (χ0n) is 11.3. The first-order valence-electron chi connectivity index (χ1n) is 6.08. The van der Waals surface area contributed by atoms with E-state index in [2.05, 4.69) is 5.10 Å². The molecule has 0 atom stereocenters. The molecule has 0 saturated carbocycles. The zero-order chi connectivity index (χ0) is 14.2. The minimum absolute atomic E-state index is 0.152. The molecular weight excluding hydrogens is 245 g/mol. The number of aliphatic hydroxyl groups is 1. The molecule has 4 nitrogen and oxygen atoms in total. The maximum Gasteiger partial charge on any atom is 0.148 e. The molecule has 0 aliphatic rings. The van der Waals surface area contributed by atoms with Crippen LogP contribution in [-0.2, 0) is 12.0 Å². The lowest BCUT2D eigenvalue weighted by molar-refractivity contribution is 0.281. The van der Waals surface area contributed by atoms with E-state index in [9.17, 15) is 4.39 Å². The SMILES string of the molecule is CC(C)(C)c1cc(N)n(-c2cc(CO)ccc2F)n1. The van der Waals surface area contributed by atoms with E-state index in [1.165, 1.54) is 16.8 Å². The van der Waals surface area contributed by atoms with Crippen LogP contribution in [0.15, 0.2) is 24.3 Å². The summed E-state index contributed by atoms with van der Waals surface area (Å²) in [7, 11) is 0. The van der Waals surface area contributed by atoms with Gasteiger partial charge in [0.25, 0.3) is 0 Å². The van der Waals surface area contributed by atoms with Crippen molar-refractivity contribution in [1.82, 2.24) is 9.78 Å². The summed E-state index contributed by atoms with van der Waals surface area (Å²) in [5, 5.41) is 13.5. The first-order valence-corrected chi connectivity index (χ1v) is 6.08. The third kappa shape index (κ3) is 2.61. The minimum Gasteiger partial charge on any atom is -0.392 e. The van der Waals surface area contributed by atoms with Gasteiger partial charge in [0.05, 0.1) is 12.3 Å². The minimum atomic E-state index is -0.424. The van der Waals surface area contributed by atoms with Crippen LogP contribution in [0.25, 0.3) is 5.69 Å². The Bertz CT molecular complexity index is 599. The van der Waals surface area contributed by atoms with Crippen LogP contribution in [0.2, 0.25) is 0 Å². The molecule has 3 N–H and O–H groups in total. The highest BCUT2D eigenvalue weighted by molar-refractivity contribution is 5.46. The van der Waals surface area contributed by atoms with Crippen molar-refractivity contribution in [3.8, 4) is 5.69 Å². The number of hydrogen-bond donors (Lipinski definition) is 2. The first-order chi connectivity index (χ1) is 8.82. The van der Waals surface area contributed by atoms with Crippen molar-refractivity contribution in [2.45, 2.75) is 32.8 Å². The van der Waals surface area contributed by atoms with Gasteiger partial charge < -0.3 is 10.8 Å². The molecule has 1 heterocycles. The molecule has 0 saturated heterocycles. The monoisotopic (exact) mass is 263 g/mol. The normalized spacial score (nSPS) is 11.8. The van der Waals surface area contributed by atoms with Gasteiger partial charge in [0.1, 0.15) is 17.3 Å². The molecule has 0 radical (unpaired) electrons. The maximum atomic E-state index is 13.9. The smallest absolute Gasteiger partial charge is 0.148 e. The number of rotatable bonds is 2. The molecule has 102 valence electrons. The molecule has 0 unspecified atom stereocenters. The van der Waals surface area contributed by atoms with Gasteiger partial charge in [-0.05, 0) is 17.7 Å². The van der Waals surface area contributed by atoms with Crippen LogP contribution in [0.5, 0.6) is 0 Å². The second-order valence-corrected chi connectivity index (χ2v) is 5.56. The number of hydrogen-bond acceptors (Lipinski definition) is 3. The summed E-state index contributed by atoms with van der Waals surface area (Å²) in [4.78, 5) is 0. The predicted molar refractivity (Wildman–Crippen MR) is 72.6 cm³/mol. The highest BCUT2D eigenvalue weighted by Crippen LogP contribution is 2.26. The third-order valence-electron chi connectivity index (χ3n) is 2.93. The fourth-order valence-electron chi connectivity index (χ4n) is 1.77. The topological polar surface area (TPSA) is 64.1 Å². The average Bonchev–Trinajstić information content (AvgIpc) is 2.72. The van der Waals surface area contributed by atoms with E-state index in [-0.39, 0.29) is 17.7 Å². The Morgan fingerprint density at radius 2 is 2.00 bits per heavy atom. The zero-order valence-corrected chi connectivity index (χ0v) is 11.3. The van der Waals surface area contributed by atoms with Gasteiger partial charge in [-0.15, -0.1) is 0 Å². The molecule has 0 amide bonds. The lowest BCUT2D eigenvalue weighted by Gasteiger charge is -2.14. The lowest BCUT2D eigenvalue weighted by Crippen LogP contribution is -2.13. The number of nitrogens with two attached hydrogens (primary N) is 1. The maximum absolute atomic E-state index is 13.9. The van der Waals surface area contributed by atoms with Crippen molar-refractivity contribution >= 4 is 5.82 Å². The van der Waals surface area contributed by atoms with Crippen molar-refractivity contribution in [3.05, 3.63) is 41.3 Å². The second kappa shape index (κ2) is 4.66. The molecule has 0 fully saturated rings. The van der Waals surface area contributed by atoms with Crippen molar-refractivity contribution < 1.29 is 9.50 Å². The Kier molecular flexibility index (Phi) is 3.32. The van der Waals surface area contributed by atoms with Crippen molar-refractivity contribution in [2.24, 2.45) is 0 Å². The van der Waals surface area contributed by atoms with E-state index in [1.54, 1.807) is 12.1 Å².